The van der Waals surface area contributed by atoms with Gasteiger partial charge in [-0.3, -0.25) is 14.8 Å². The molecular weight excluding hydrogens is 480 g/mol. The number of hydrogen-bond acceptors (Lipinski definition) is 8. The predicted octanol–water partition coefficient (Wildman–Crippen LogP) is 4.61. The summed E-state index contributed by atoms with van der Waals surface area (Å²) >= 11 is 1.60. The molecule has 3 aromatic rings. The lowest BCUT2D eigenvalue weighted by Crippen LogP contribution is -2.29. The summed E-state index contributed by atoms with van der Waals surface area (Å²) in [6.07, 6.45) is 7.62. The summed E-state index contributed by atoms with van der Waals surface area (Å²) < 4.78 is 11.0. The van der Waals surface area contributed by atoms with E-state index in [-0.39, 0.29) is 12.3 Å². The molecule has 1 aromatic carbocycles. The van der Waals surface area contributed by atoms with E-state index in [2.05, 4.69) is 9.97 Å². The van der Waals surface area contributed by atoms with Crippen LogP contribution in [0.1, 0.15) is 43.9 Å². The van der Waals surface area contributed by atoms with Crippen LogP contribution in [0.15, 0.2) is 55.1 Å². The number of thiophene rings is 1. The molecule has 10 heteroatoms. The van der Waals surface area contributed by atoms with Crippen LogP contribution in [0.25, 0.3) is 10.4 Å². The van der Waals surface area contributed by atoms with Gasteiger partial charge in [0.2, 0.25) is 11.8 Å². The Morgan fingerprint density at radius 3 is 2.47 bits per heavy atom. The molecule has 0 aliphatic rings. The zero-order chi connectivity index (χ0) is 25.6. The minimum absolute atomic E-state index is 0.00428. The second-order valence-electron chi connectivity index (χ2n) is 8.01. The molecule has 0 aliphatic heterocycles. The van der Waals surface area contributed by atoms with Gasteiger partial charge in [0, 0.05) is 52.8 Å². The lowest BCUT2D eigenvalue weighted by Gasteiger charge is -2.23. The van der Waals surface area contributed by atoms with E-state index in [1.165, 1.54) is 6.33 Å². The van der Waals surface area contributed by atoms with Gasteiger partial charge in [0.1, 0.15) is 18.7 Å². The van der Waals surface area contributed by atoms with Crippen LogP contribution >= 0.6 is 11.3 Å². The fraction of sp³-hybridized carbons (Fsp3) is 0.385. The van der Waals surface area contributed by atoms with Crippen LogP contribution in [0.4, 0.5) is 5.69 Å². The number of nitrogens with one attached hydrogen (secondary N) is 1. The Kier molecular flexibility index (Phi) is 11.3. The van der Waals surface area contributed by atoms with E-state index >= 15 is 0 Å². The average Bonchev–Trinajstić information content (AvgIpc) is 3.39. The summed E-state index contributed by atoms with van der Waals surface area (Å²) in [5.74, 6) is 0.309. The highest BCUT2D eigenvalue weighted by molar-refractivity contribution is 7.15. The maximum atomic E-state index is 13.3. The second-order valence-corrected chi connectivity index (χ2v) is 9.18. The molecule has 3 rings (SSSR count). The second kappa shape index (κ2) is 14.9. The number of carbonyl (C=O) groups excluding carboxylic acids is 2. The number of hydroxylamine groups is 1. The van der Waals surface area contributed by atoms with Gasteiger partial charge < -0.3 is 14.4 Å². The molecule has 2 amide bonds. The third kappa shape index (κ3) is 8.71. The molecule has 0 bridgehead atoms. The van der Waals surface area contributed by atoms with Gasteiger partial charge in [-0.05, 0) is 56.2 Å². The predicted molar refractivity (Wildman–Crippen MR) is 138 cm³/mol. The van der Waals surface area contributed by atoms with Crippen LogP contribution in [-0.2, 0) is 20.9 Å². The number of amides is 2. The van der Waals surface area contributed by atoms with E-state index in [0.717, 1.165) is 33.2 Å². The van der Waals surface area contributed by atoms with Crippen molar-refractivity contribution in [3.05, 3.63) is 60.0 Å². The van der Waals surface area contributed by atoms with Gasteiger partial charge in [-0.2, -0.15) is 0 Å². The third-order valence-electron chi connectivity index (χ3n) is 5.39. The van der Waals surface area contributed by atoms with Crippen molar-refractivity contribution in [3.63, 3.8) is 0 Å². The van der Waals surface area contributed by atoms with Crippen LogP contribution in [0.3, 0.4) is 0 Å². The smallest absolute Gasteiger partial charge is 0.243 e. The third-order valence-corrected chi connectivity index (χ3v) is 6.51. The van der Waals surface area contributed by atoms with Crippen molar-refractivity contribution < 1.29 is 24.3 Å². The quantitative estimate of drug-likeness (QED) is 0.174. The maximum absolute atomic E-state index is 13.3. The van der Waals surface area contributed by atoms with Crippen LogP contribution in [0.2, 0.25) is 0 Å². The Balaban J connectivity index is 1.67. The van der Waals surface area contributed by atoms with Crippen molar-refractivity contribution in [1.29, 1.82) is 0 Å². The molecule has 0 atom stereocenters. The van der Waals surface area contributed by atoms with Gasteiger partial charge in [0.05, 0.1) is 13.2 Å². The summed E-state index contributed by atoms with van der Waals surface area (Å²) in [6, 6.07) is 11.5. The number of anilines is 1. The van der Waals surface area contributed by atoms with E-state index in [1.807, 2.05) is 43.3 Å². The summed E-state index contributed by atoms with van der Waals surface area (Å²) in [6.45, 7) is 4.02. The summed E-state index contributed by atoms with van der Waals surface area (Å²) in [7, 11) is 0. The lowest BCUT2D eigenvalue weighted by atomic mass is 10.1. The Bertz CT molecular complexity index is 1080. The Morgan fingerprint density at radius 1 is 1.00 bits per heavy atom. The van der Waals surface area contributed by atoms with Gasteiger partial charge in [-0.25, -0.2) is 15.4 Å². The summed E-state index contributed by atoms with van der Waals surface area (Å²) in [5, 5.41) is 8.60. The highest BCUT2D eigenvalue weighted by atomic mass is 32.1. The van der Waals surface area contributed by atoms with E-state index in [0.29, 0.717) is 45.6 Å². The van der Waals surface area contributed by atoms with Crippen LogP contribution in [0, 0.1) is 0 Å². The molecule has 36 heavy (non-hydrogen) atoms. The normalized spacial score (nSPS) is 10.7. The number of unbranched alkanes of at least 4 members (excludes halogenated alkanes) is 2. The molecule has 0 radical (unpaired) electrons. The van der Waals surface area contributed by atoms with Gasteiger partial charge in [0.15, 0.2) is 0 Å². The minimum Gasteiger partial charge on any atom is -0.491 e. The van der Waals surface area contributed by atoms with Crippen molar-refractivity contribution in [2.45, 2.75) is 45.6 Å². The number of rotatable bonds is 15. The first-order chi connectivity index (χ1) is 17.6. The molecule has 0 fully saturated rings. The first-order valence-corrected chi connectivity index (χ1v) is 12.8. The summed E-state index contributed by atoms with van der Waals surface area (Å²) in [4.78, 5) is 36.5. The number of benzene rings is 1. The minimum atomic E-state index is -0.413. The fourth-order valence-electron chi connectivity index (χ4n) is 3.54. The zero-order valence-electron chi connectivity index (χ0n) is 20.4. The van der Waals surface area contributed by atoms with Gasteiger partial charge >= 0.3 is 0 Å². The molecular formula is C26H32N4O5S. The Morgan fingerprint density at radius 2 is 1.75 bits per heavy atom. The van der Waals surface area contributed by atoms with Crippen molar-refractivity contribution in [2.24, 2.45) is 0 Å². The van der Waals surface area contributed by atoms with Gasteiger partial charge in [0.25, 0.3) is 0 Å². The zero-order valence-corrected chi connectivity index (χ0v) is 21.2. The number of carbonyl (C=O) groups is 2. The van der Waals surface area contributed by atoms with Crippen LogP contribution in [-0.4, -0.2) is 46.8 Å². The lowest BCUT2D eigenvalue weighted by molar-refractivity contribution is -0.129. The topological polar surface area (TPSA) is 114 Å². The molecule has 0 saturated carbocycles. The van der Waals surface area contributed by atoms with Crippen molar-refractivity contribution in [1.82, 2.24) is 15.4 Å². The highest BCUT2D eigenvalue weighted by Gasteiger charge is 2.18. The largest absolute Gasteiger partial charge is 0.491 e. The van der Waals surface area contributed by atoms with Crippen molar-refractivity contribution >= 4 is 28.8 Å². The average molecular weight is 513 g/mol. The first-order valence-electron chi connectivity index (χ1n) is 12.0. The molecule has 2 heterocycles. The van der Waals surface area contributed by atoms with Gasteiger partial charge in [-0.1, -0.05) is 6.42 Å². The number of nitrogens with zero attached hydrogens (tertiary/aromatic N) is 3. The van der Waals surface area contributed by atoms with E-state index in [1.54, 1.807) is 34.1 Å². The molecule has 0 saturated heterocycles. The summed E-state index contributed by atoms with van der Waals surface area (Å²) in [5.41, 5.74) is 3.35. The number of hydrogen-bond donors (Lipinski definition) is 2. The molecule has 192 valence electrons. The van der Waals surface area contributed by atoms with E-state index in [4.69, 9.17) is 14.7 Å². The molecule has 0 spiro atoms. The van der Waals surface area contributed by atoms with E-state index < -0.39 is 5.91 Å². The first kappa shape index (κ1) is 27.3. The molecule has 9 nitrogen and oxygen atoms in total. The maximum Gasteiger partial charge on any atom is 0.243 e. The Labute approximate surface area is 215 Å². The molecule has 2 aromatic heterocycles. The molecule has 0 unspecified atom stereocenters. The standard InChI is InChI=1S/C26H32N4O5S/c1-2-34-14-15-35-22-10-8-21(9-11-22)30(26(32)7-5-3-4-6-25(31)29-33)18-23-12-13-24(36-23)20-16-27-19-28-17-20/h8-13,16-17,19,33H,2-7,14-15,18H2,1H3,(H,29,31). The van der Waals surface area contributed by atoms with Gasteiger partial charge in [-0.15, -0.1) is 11.3 Å². The number of aromatic nitrogens is 2. The van der Waals surface area contributed by atoms with Crippen molar-refractivity contribution in [2.75, 3.05) is 24.7 Å². The SMILES string of the molecule is CCOCCOc1ccc(N(Cc2ccc(-c3cncnc3)s2)C(=O)CCCCCC(=O)NO)cc1. The molecule has 0 aliphatic carbocycles. The molecule has 2 N–H and O–H groups in total. The van der Waals surface area contributed by atoms with E-state index in [9.17, 15) is 9.59 Å². The van der Waals surface area contributed by atoms with Crippen LogP contribution < -0.4 is 15.1 Å². The fourth-order valence-corrected chi connectivity index (χ4v) is 4.51. The Hall–Kier alpha value is -3.34. The van der Waals surface area contributed by atoms with Crippen LogP contribution in [0.5, 0.6) is 5.75 Å². The number of ether oxygens (including phenoxy) is 2. The van der Waals surface area contributed by atoms with Crippen molar-refractivity contribution in [3.8, 4) is 16.2 Å². The monoisotopic (exact) mass is 512 g/mol. The highest BCUT2D eigenvalue weighted by Crippen LogP contribution is 2.30.